The van der Waals surface area contributed by atoms with Gasteiger partial charge in [0.2, 0.25) is 0 Å². The number of benzene rings is 2. The summed E-state index contributed by atoms with van der Waals surface area (Å²) >= 11 is 0. The molecule has 3 heteroatoms. The Balaban J connectivity index is 0.000000379. The largest absolute Gasteiger partial charge is 2.00 e. The topological polar surface area (TPSA) is 24.7 Å². The van der Waals surface area contributed by atoms with Gasteiger partial charge in [0.15, 0.2) is 0 Å². The standard InChI is InChI=1S/C19H13N2.C5H5.Fe/c1-2-8-18(9-3-1)20-21-19-14-12-17(13-15-19)11-10-16-6-4-5-7-16;1-2-4-5-3-1;/h1-9,12-15H;1-5H;/q2*-1;+2. The van der Waals surface area contributed by atoms with Crippen LogP contribution in [0, 0.1) is 31.1 Å². The zero-order valence-electron chi connectivity index (χ0n) is 14.6. The van der Waals surface area contributed by atoms with E-state index in [1.165, 1.54) is 0 Å². The van der Waals surface area contributed by atoms with Crippen LogP contribution in [0.3, 0.4) is 0 Å². The van der Waals surface area contributed by atoms with Gasteiger partial charge in [0.1, 0.15) is 0 Å². The normalized spacial score (nSPS) is 11.6. The summed E-state index contributed by atoms with van der Waals surface area (Å²) in [7, 11) is 0. The van der Waals surface area contributed by atoms with Gasteiger partial charge in [0.25, 0.3) is 0 Å². The Bertz CT molecular complexity index is 891. The van der Waals surface area contributed by atoms with E-state index in [1.807, 2.05) is 110 Å². The summed E-state index contributed by atoms with van der Waals surface area (Å²) in [5.41, 5.74) is 3.66. The van der Waals surface area contributed by atoms with Crippen molar-refractivity contribution in [2.24, 2.45) is 10.2 Å². The van der Waals surface area contributed by atoms with Gasteiger partial charge in [-0.2, -0.15) is 34.3 Å². The molecule has 3 aromatic carbocycles. The molecule has 0 aromatic heterocycles. The number of rotatable bonds is 2. The summed E-state index contributed by atoms with van der Waals surface area (Å²) in [5, 5.41) is 8.39. The van der Waals surface area contributed by atoms with Gasteiger partial charge < -0.3 is 0 Å². The minimum absolute atomic E-state index is 0. The predicted octanol–water partition coefficient (Wildman–Crippen LogP) is 6.39. The molecule has 0 amide bonds. The molecule has 0 atom stereocenters. The molecule has 27 heavy (non-hydrogen) atoms. The Kier molecular flexibility index (Phi) is 8.80. The summed E-state index contributed by atoms with van der Waals surface area (Å²) < 4.78 is 0. The second kappa shape index (κ2) is 11.6. The SMILES string of the molecule is C(#Cc1ccc[cH-]1)c1ccc(N=Nc2ccccc2)cc1.[CH]1[CH][CH-]C=C1.[Fe+2]. The van der Waals surface area contributed by atoms with E-state index in [0.717, 1.165) is 22.5 Å². The molecule has 2 nitrogen and oxygen atoms in total. The number of hydrogen-bond donors (Lipinski definition) is 0. The van der Waals surface area contributed by atoms with Gasteiger partial charge in [-0.1, -0.05) is 18.2 Å². The van der Waals surface area contributed by atoms with Gasteiger partial charge in [-0.05, 0) is 36.4 Å². The Morgan fingerprint density at radius 3 is 2.04 bits per heavy atom. The van der Waals surface area contributed by atoms with Gasteiger partial charge in [-0.15, -0.1) is 30.4 Å². The maximum Gasteiger partial charge on any atom is 2.00 e. The van der Waals surface area contributed by atoms with Crippen molar-refractivity contribution in [2.45, 2.75) is 0 Å². The first-order valence-electron chi connectivity index (χ1n) is 8.37. The van der Waals surface area contributed by atoms with E-state index in [4.69, 9.17) is 0 Å². The number of allylic oxidation sites excluding steroid dienone is 2. The van der Waals surface area contributed by atoms with Crippen LogP contribution in [-0.2, 0) is 17.1 Å². The van der Waals surface area contributed by atoms with E-state index in [9.17, 15) is 0 Å². The van der Waals surface area contributed by atoms with E-state index in [0.29, 0.717) is 0 Å². The van der Waals surface area contributed by atoms with Crippen LogP contribution in [0.1, 0.15) is 11.1 Å². The number of azo groups is 1. The third kappa shape index (κ3) is 7.46. The molecule has 132 valence electrons. The molecule has 0 saturated heterocycles. The van der Waals surface area contributed by atoms with Gasteiger partial charge >= 0.3 is 17.1 Å². The first kappa shape index (κ1) is 20.4. The molecule has 0 unspecified atom stereocenters. The van der Waals surface area contributed by atoms with E-state index in [2.05, 4.69) is 22.1 Å². The number of nitrogens with zero attached hydrogens (tertiary/aromatic N) is 2. The first-order valence-corrected chi connectivity index (χ1v) is 8.37. The van der Waals surface area contributed by atoms with Crippen molar-refractivity contribution in [3.05, 3.63) is 121 Å². The molecule has 0 bridgehead atoms. The van der Waals surface area contributed by atoms with Crippen LogP contribution in [-0.4, -0.2) is 0 Å². The molecule has 0 aliphatic heterocycles. The predicted molar refractivity (Wildman–Crippen MR) is 107 cm³/mol. The summed E-state index contributed by atoms with van der Waals surface area (Å²) in [6.07, 6.45) is 10.0. The Morgan fingerprint density at radius 2 is 1.48 bits per heavy atom. The van der Waals surface area contributed by atoms with E-state index >= 15 is 0 Å². The average molecular weight is 390 g/mol. The Labute approximate surface area is 171 Å². The van der Waals surface area contributed by atoms with E-state index < -0.39 is 0 Å². The van der Waals surface area contributed by atoms with Gasteiger partial charge in [-0.25, -0.2) is 18.6 Å². The monoisotopic (exact) mass is 390 g/mol. The van der Waals surface area contributed by atoms with Crippen LogP contribution in [0.25, 0.3) is 0 Å². The Morgan fingerprint density at radius 1 is 0.741 bits per heavy atom. The molecule has 3 aromatic rings. The fraction of sp³-hybridized carbons (Fsp3) is 0. The maximum atomic E-state index is 4.20. The van der Waals surface area contributed by atoms with Gasteiger partial charge in [0, 0.05) is 5.56 Å². The molecule has 0 saturated carbocycles. The maximum absolute atomic E-state index is 4.20. The second-order valence-electron chi connectivity index (χ2n) is 5.47. The van der Waals surface area contributed by atoms with Crippen LogP contribution in [0.2, 0.25) is 0 Å². The zero-order valence-corrected chi connectivity index (χ0v) is 15.7. The van der Waals surface area contributed by atoms with Crippen molar-refractivity contribution in [1.82, 2.24) is 0 Å². The smallest absolute Gasteiger partial charge is 0.231 e. The summed E-state index contributed by atoms with van der Waals surface area (Å²) in [4.78, 5) is 0. The molecule has 2 radical (unpaired) electrons. The van der Waals surface area contributed by atoms with Crippen LogP contribution in [0.5, 0.6) is 0 Å². The third-order valence-corrected chi connectivity index (χ3v) is 3.47. The molecule has 1 aliphatic carbocycles. The van der Waals surface area contributed by atoms with E-state index in [1.54, 1.807) is 0 Å². The van der Waals surface area contributed by atoms with Crippen LogP contribution >= 0.6 is 0 Å². The Hall–Kier alpha value is -2.92. The van der Waals surface area contributed by atoms with Crippen LogP contribution in [0.4, 0.5) is 11.4 Å². The van der Waals surface area contributed by atoms with Gasteiger partial charge in [0.05, 0.1) is 11.4 Å². The second-order valence-corrected chi connectivity index (χ2v) is 5.47. The molecule has 0 spiro atoms. The quantitative estimate of drug-likeness (QED) is 0.210. The molecule has 1 aliphatic rings. The summed E-state index contributed by atoms with van der Waals surface area (Å²) in [6, 6.07) is 25.4. The van der Waals surface area contributed by atoms with Crippen molar-refractivity contribution < 1.29 is 17.1 Å². The van der Waals surface area contributed by atoms with Crippen molar-refractivity contribution >= 4 is 11.4 Å². The molecular formula is C24H18FeN2. The van der Waals surface area contributed by atoms with Crippen LogP contribution in [0.15, 0.2) is 101 Å². The summed E-state index contributed by atoms with van der Waals surface area (Å²) in [6.45, 7) is 0. The average Bonchev–Trinajstić information content (AvgIpc) is 3.43. The van der Waals surface area contributed by atoms with Crippen molar-refractivity contribution in [3.63, 3.8) is 0 Å². The summed E-state index contributed by atoms with van der Waals surface area (Å²) in [5.74, 6) is 6.24. The molecular weight excluding hydrogens is 372 g/mol. The first-order chi connectivity index (χ1) is 12.9. The van der Waals surface area contributed by atoms with Crippen LogP contribution < -0.4 is 0 Å². The van der Waals surface area contributed by atoms with Crippen molar-refractivity contribution in [1.29, 1.82) is 0 Å². The molecule has 4 rings (SSSR count). The molecule has 0 N–H and O–H groups in total. The van der Waals surface area contributed by atoms with Crippen molar-refractivity contribution in [3.8, 4) is 11.8 Å². The third-order valence-electron chi connectivity index (χ3n) is 3.47. The fourth-order valence-electron chi connectivity index (χ4n) is 2.14. The van der Waals surface area contributed by atoms with Crippen molar-refractivity contribution in [2.75, 3.05) is 0 Å². The fourth-order valence-corrected chi connectivity index (χ4v) is 2.14. The molecule has 0 fully saturated rings. The van der Waals surface area contributed by atoms with E-state index in [-0.39, 0.29) is 17.1 Å². The van der Waals surface area contributed by atoms with Gasteiger partial charge in [-0.3, -0.25) is 0 Å². The molecule has 0 heterocycles. The minimum atomic E-state index is 0. The number of hydrogen-bond acceptors (Lipinski definition) is 2. The zero-order chi connectivity index (χ0) is 17.9. The minimum Gasteiger partial charge on any atom is -0.231 e.